The highest BCUT2D eigenvalue weighted by Crippen LogP contribution is 2.20. The third kappa shape index (κ3) is 4.43. The Morgan fingerprint density at radius 3 is 2.31 bits per heavy atom. The van der Waals surface area contributed by atoms with Gasteiger partial charge in [-0.05, 0) is 48.5 Å². The Bertz CT molecular complexity index is 1760. The molecule has 0 aliphatic rings. The van der Waals surface area contributed by atoms with E-state index in [0.717, 1.165) is 17.1 Å². The molecule has 0 atom stereocenters. The van der Waals surface area contributed by atoms with Crippen LogP contribution >= 0.6 is 23.2 Å². The first-order chi connectivity index (χ1) is 16.5. The Morgan fingerprint density at radius 1 is 1.03 bits per heavy atom. The lowest BCUT2D eigenvalue weighted by Crippen LogP contribution is -2.52. The predicted molar refractivity (Wildman–Crippen MR) is 128 cm³/mol. The van der Waals surface area contributed by atoms with Crippen molar-refractivity contribution in [3.05, 3.63) is 96.1 Å². The number of amides is 1. The van der Waals surface area contributed by atoms with Gasteiger partial charge in [-0.3, -0.25) is 9.59 Å². The quantitative estimate of drug-likeness (QED) is 0.359. The van der Waals surface area contributed by atoms with Gasteiger partial charge >= 0.3 is 11.4 Å². The number of aromatic nitrogens is 4. The number of benzene rings is 2. The minimum Gasteiger partial charge on any atom is -0.368 e. The van der Waals surface area contributed by atoms with E-state index >= 15 is 0 Å². The number of nitrogens with zero attached hydrogens (tertiary/aromatic N) is 4. The van der Waals surface area contributed by atoms with Crippen molar-refractivity contribution in [2.45, 2.75) is 4.90 Å². The van der Waals surface area contributed by atoms with Crippen molar-refractivity contribution in [2.24, 2.45) is 5.73 Å². The summed E-state index contributed by atoms with van der Waals surface area (Å²) in [6, 6.07) is 9.81. The maximum atomic E-state index is 13.7. The molecule has 2 aromatic carbocycles. The van der Waals surface area contributed by atoms with E-state index in [1.54, 1.807) is 0 Å². The summed E-state index contributed by atoms with van der Waals surface area (Å²) in [6.45, 7) is -0.711. The van der Waals surface area contributed by atoms with Gasteiger partial charge in [0.25, 0.3) is 15.6 Å². The average molecular weight is 537 g/mol. The van der Waals surface area contributed by atoms with Crippen LogP contribution in [0.25, 0.3) is 10.9 Å². The summed E-state index contributed by atoms with van der Waals surface area (Å²) in [7, 11) is -4.75. The Balaban J connectivity index is 2.16. The molecule has 0 aliphatic heterocycles. The summed E-state index contributed by atoms with van der Waals surface area (Å²) >= 11 is 11.9. The molecule has 0 radical (unpaired) electrons. The summed E-state index contributed by atoms with van der Waals surface area (Å²) in [6.07, 6.45) is 1.19. The van der Waals surface area contributed by atoms with Crippen molar-refractivity contribution < 1.29 is 13.2 Å². The van der Waals surface area contributed by atoms with Crippen LogP contribution in [-0.2, 0) is 14.8 Å². The van der Waals surface area contributed by atoms with Gasteiger partial charge in [0, 0.05) is 16.2 Å². The van der Waals surface area contributed by atoms with E-state index in [1.807, 2.05) is 0 Å². The van der Waals surface area contributed by atoms with Crippen molar-refractivity contribution in [1.82, 2.24) is 18.6 Å². The number of carbonyl (C=O) groups is 1. The molecule has 4 aromatic rings. The monoisotopic (exact) mass is 536 g/mol. The fourth-order valence-corrected chi connectivity index (χ4v) is 4.89. The third-order valence-corrected chi connectivity index (χ3v) is 6.93. The lowest BCUT2D eigenvalue weighted by atomic mass is 10.2. The van der Waals surface area contributed by atoms with Gasteiger partial charge in [0.15, 0.2) is 5.82 Å². The second kappa shape index (κ2) is 9.02. The highest BCUT2D eigenvalue weighted by atomic mass is 35.5. The molecule has 3 N–H and O–H groups in total. The summed E-state index contributed by atoms with van der Waals surface area (Å²) in [5, 5.41) is 0.966. The van der Waals surface area contributed by atoms with Crippen molar-refractivity contribution >= 4 is 55.9 Å². The fourth-order valence-electron chi connectivity index (χ4n) is 3.31. The van der Waals surface area contributed by atoms with E-state index in [1.165, 1.54) is 42.6 Å². The van der Waals surface area contributed by atoms with Gasteiger partial charge in [-0.2, -0.15) is 9.66 Å². The van der Waals surface area contributed by atoms with Crippen LogP contribution in [0.1, 0.15) is 0 Å². The van der Waals surface area contributed by atoms with Crippen molar-refractivity contribution in [2.75, 3.05) is 11.6 Å². The highest BCUT2D eigenvalue weighted by Gasteiger charge is 2.28. The van der Waals surface area contributed by atoms with E-state index in [0.29, 0.717) is 4.68 Å². The minimum atomic E-state index is -4.75. The molecule has 12 nitrogen and oxygen atoms in total. The number of anilines is 1. The number of fused-ring (bicyclic) bond motifs is 1. The van der Waals surface area contributed by atoms with E-state index in [9.17, 15) is 27.6 Å². The summed E-state index contributed by atoms with van der Waals surface area (Å²) in [5.41, 5.74) is 1.83. The first-order valence-corrected chi connectivity index (χ1v) is 11.8. The van der Waals surface area contributed by atoms with Gasteiger partial charge in [-0.1, -0.05) is 23.2 Å². The van der Waals surface area contributed by atoms with Crippen LogP contribution in [0.4, 0.5) is 5.82 Å². The SMILES string of the molecule is NC(=O)CN(c1cc[nH]c(=O)n1)n1c(=O)n(S(=O)(=O)c2ccc(Cl)cc2)c(=O)c2ccc(Cl)cc21. The number of rotatable bonds is 6. The Hall–Kier alpha value is -3.94. The van der Waals surface area contributed by atoms with Crippen molar-refractivity contribution in [3.63, 3.8) is 0 Å². The Morgan fingerprint density at radius 2 is 1.69 bits per heavy atom. The number of nitrogens with one attached hydrogen (secondary N) is 1. The molecule has 2 aromatic heterocycles. The second-order valence-electron chi connectivity index (χ2n) is 7.06. The Labute approximate surface area is 205 Å². The Kier molecular flexibility index (Phi) is 6.23. The van der Waals surface area contributed by atoms with Crippen LogP contribution in [0.2, 0.25) is 10.0 Å². The number of carbonyl (C=O) groups excluding carboxylic acids is 1. The molecule has 1 amide bonds. The lowest BCUT2D eigenvalue weighted by molar-refractivity contribution is -0.116. The maximum absolute atomic E-state index is 13.7. The molecule has 0 spiro atoms. The van der Waals surface area contributed by atoms with Crippen LogP contribution in [0.3, 0.4) is 0 Å². The standard InChI is InChI=1S/C20H14Cl2N6O6S/c21-11-1-4-13(5-2-11)35(33,34)28-18(30)14-6-3-12(22)9-15(14)27(20(28)32)26(10-16(23)29)17-7-8-24-19(31)25-17/h1-9H,10H2,(H2,23,29)(H,24,25,31). The molecular weight excluding hydrogens is 523 g/mol. The number of primary amides is 1. The molecule has 35 heavy (non-hydrogen) atoms. The zero-order chi connectivity index (χ0) is 25.5. The predicted octanol–water partition coefficient (Wildman–Crippen LogP) is 0.545. The number of hydrogen-bond donors (Lipinski definition) is 2. The average Bonchev–Trinajstić information content (AvgIpc) is 2.78. The molecule has 0 aliphatic carbocycles. The zero-order valence-corrected chi connectivity index (χ0v) is 19.7. The normalized spacial score (nSPS) is 11.5. The van der Waals surface area contributed by atoms with Crippen LogP contribution in [0.5, 0.6) is 0 Å². The first kappa shape index (κ1) is 24.2. The third-order valence-electron chi connectivity index (χ3n) is 4.78. The van der Waals surface area contributed by atoms with Gasteiger partial charge in [0.05, 0.1) is 15.8 Å². The smallest absolute Gasteiger partial charge is 0.365 e. The molecule has 2 heterocycles. The largest absolute Gasteiger partial charge is 0.368 e. The molecule has 180 valence electrons. The molecule has 15 heteroatoms. The number of hydrogen-bond acceptors (Lipinski definition) is 8. The van der Waals surface area contributed by atoms with E-state index < -0.39 is 44.3 Å². The number of H-pyrrole nitrogens is 1. The first-order valence-electron chi connectivity index (χ1n) is 9.61. The summed E-state index contributed by atoms with van der Waals surface area (Å²) in [5.74, 6) is -1.18. The molecular formula is C20H14Cl2N6O6S. The second-order valence-corrected chi connectivity index (χ2v) is 9.72. The minimum absolute atomic E-state index is 0.0354. The molecule has 0 saturated carbocycles. The summed E-state index contributed by atoms with van der Waals surface area (Å²) < 4.78 is 27.5. The molecule has 0 saturated heterocycles. The summed E-state index contributed by atoms with van der Waals surface area (Å²) in [4.78, 5) is 56.2. The van der Waals surface area contributed by atoms with E-state index in [2.05, 4.69) is 9.97 Å². The highest BCUT2D eigenvalue weighted by molar-refractivity contribution is 7.90. The van der Waals surface area contributed by atoms with Crippen LogP contribution < -0.4 is 27.7 Å². The van der Waals surface area contributed by atoms with Crippen molar-refractivity contribution in [3.8, 4) is 0 Å². The van der Waals surface area contributed by atoms with Gasteiger partial charge in [-0.25, -0.2) is 23.0 Å². The van der Waals surface area contributed by atoms with Gasteiger partial charge < -0.3 is 10.7 Å². The topological polar surface area (TPSA) is 170 Å². The maximum Gasteiger partial charge on any atom is 0.365 e. The fraction of sp³-hybridized carbons (Fsp3) is 0.0500. The van der Waals surface area contributed by atoms with Gasteiger partial charge in [-0.15, -0.1) is 3.97 Å². The van der Waals surface area contributed by atoms with Crippen molar-refractivity contribution in [1.29, 1.82) is 0 Å². The van der Waals surface area contributed by atoms with Crippen LogP contribution in [-0.4, -0.2) is 39.5 Å². The van der Waals surface area contributed by atoms with E-state index in [-0.39, 0.29) is 30.7 Å². The van der Waals surface area contributed by atoms with Crippen LogP contribution in [0.15, 0.2) is 74.0 Å². The van der Waals surface area contributed by atoms with Gasteiger partial charge in [0.1, 0.15) is 6.54 Å². The zero-order valence-electron chi connectivity index (χ0n) is 17.4. The molecule has 0 unspecified atom stereocenters. The molecule has 4 rings (SSSR count). The number of nitrogens with two attached hydrogens (primary N) is 1. The lowest BCUT2D eigenvalue weighted by Gasteiger charge is -2.26. The molecule has 0 fully saturated rings. The molecule has 0 bridgehead atoms. The number of aromatic amines is 1. The van der Waals surface area contributed by atoms with Crippen LogP contribution in [0, 0.1) is 0 Å². The van der Waals surface area contributed by atoms with E-state index in [4.69, 9.17) is 28.9 Å². The number of halogens is 2. The van der Waals surface area contributed by atoms with Gasteiger partial charge in [0.2, 0.25) is 5.91 Å².